The van der Waals surface area contributed by atoms with Gasteiger partial charge in [0.25, 0.3) is 5.91 Å². The molecule has 2 amide bonds. The van der Waals surface area contributed by atoms with E-state index in [9.17, 15) is 19.8 Å². The fourth-order valence-electron chi connectivity index (χ4n) is 9.09. The van der Waals surface area contributed by atoms with Crippen molar-refractivity contribution in [2.45, 2.75) is 83.8 Å². The van der Waals surface area contributed by atoms with Crippen molar-refractivity contribution in [2.75, 3.05) is 34.4 Å². The summed E-state index contributed by atoms with van der Waals surface area (Å²) in [7, 11) is 5.55. The van der Waals surface area contributed by atoms with Crippen LogP contribution in [0.2, 0.25) is 0 Å². The molecule has 53 heavy (non-hydrogen) atoms. The molecule has 288 valence electrons. The molecule has 1 heterocycles. The maximum Gasteiger partial charge on any atom is 0.251 e. The zero-order chi connectivity index (χ0) is 38.6. The predicted octanol–water partition coefficient (Wildman–Crippen LogP) is 5.37. The number of benzene rings is 2. The molecule has 3 saturated carbocycles. The summed E-state index contributed by atoms with van der Waals surface area (Å²) in [5.74, 6) is 1.09. The Kier molecular flexibility index (Phi) is 13.0. The van der Waals surface area contributed by atoms with Crippen LogP contribution >= 0.6 is 0 Å². The number of rotatable bonds is 16. The third-order valence-corrected chi connectivity index (χ3v) is 12.0. The van der Waals surface area contributed by atoms with Crippen LogP contribution in [0.4, 0.5) is 0 Å². The zero-order valence-electron chi connectivity index (χ0n) is 32.5. The van der Waals surface area contributed by atoms with E-state index >= 15 is 0 Å². The lowest BCUT2D eigenvalue weighted by Gasteiger charge is -2.62. The number of ether oxygens (including phenoxy) is 1. The highest BCUT2D eigenvalue weighted by molar-refractivity contribution is 5.95. The van der Waals surface area contributed by atoms with Crippen LogP contribution in [0.25, 0.3) is 11.1 Å². The number of allylic oxidation sites excluding steroid dienone is 3. The fraction of sp³-hybridized carbons (Fsp3) is 0.535. The molecule has 0 radical (unpaired) electrons. The molecule has 10 nitrogen and oxygen atoms in total. The Hall–Kier alpha value is -3.80. The molecule has 4 aliphatic rings. The summed E-state index contributed by atoms with van der Waals surface area (Å²) >= 11 is 0. The molecule has 2 bridgehead atoms. The van der Waals surface area contributed by atoms with Gasteiger partial charge in [-0.15, -0.1) is 0 Å². The van der Waals surface area contributed by atoms with Gasteiger partial charge in [-0.25, -0.2) is 0 Å². The van der Waals surface area contributed by atoms with Crippen LogP contribution in [0.15, 0.2) is 79.4 Å². The van der Waals surface area contributed by atoms with Gasteiger partial charge in [0.15, 0.2) is 0 Å². The first-order valence-corrected chi connectivity index (χ1v) is 18.9. The van der Waals surface area contributed by atoms with Crippen molar-refractivity contribution in [2.24, 2.45) is 29.1 Å². The molecule has 0 spiro atoms. The number of amides is 2. The maximum absolute atomic E-state index is 14.2. The van der Waals surface area contributed by atoms with E-state index in [1.165, 1.54) is 6.42 Å². The number of aliphatic hydroxyl groups is 2. The van der Waals surface area contributed by atoms with Gasteiger partial charge in [-0.1, -0.05) is 88.1 Å². The highest BCUT2D eigenvalue weighted by Crippen LogP contribution is 2.61. The monoisotopic (exact) mass is 728 g/mol. The molecular formula is C43H60N4O6. The van der Waals surface area contributed by atoms with Crippen molar-refractivity contribution in [3.05, 3.63) is 90.6 Å². The molecule has 2 aromatic rings. The van der Waals surface area contributed by atoms with E-state index in [1.807, 2.05) is 61.5 Å². The summed E-state index contributed by atoms with van der Waals surface area (Å²) in [6.45, 7) is 16.9. The molecule has 9 atom stereocenters. The van der Waals surface area contributed by atoms with Crippen molar-refractivity contribution in [1.29, 1.82) is 0 Å². The Morgan fingerprint density at radius 3 is 2.47 bits per heavy atom. The molecule has 0 unspecified atom stereocenters. The largest absolute Gasteiger partial charge is 0.496 e. The van der Waals surface area contributed by atoms with Gasteiger partial charge in [-0.3, -0.25) is 14.4 Å². The molecule has 3 aliphatic carbocycles. The van der Waals surface area contributed by atoms with Crippen molar-refractivity contribution in [1.82, 2.24) is 20.6 Å². The van der Waals surface area contributed by atoms with E-state index in [0.29, 0.717) is 42.0 Å². The molecule has 6 rings (SSSR count). The minimum absolute atomic E-state index is 0.0460. The van der Waals surface area contributed by atoms with Crippen molar-refractivity contribution in [3.8, 4) is 16.9 Å². The first kappa shape index (κ1) is 40.4. The van der Waals surface area contributed by atoms with Crippen LogP contribution in [-0.2, 0) is 16.2 Å². The molecule has 0 aromatic heterocycles. The number of carbonyl (C=O) groups is 2. The number of methoxy groups -OCH3 is 1. The average Bonchev–Trinajstić information content (AvgIpc) is 3.49. The standard InChI is InChI=1S/C43H60N4O6/c1-10-11-13-26(2)20-33(24-46(7)8)44-41(50)30-18-16-29(17-19-30)34-15-12-14-31(40(34)52-9)23-47-39(38(28(4)49)37(25-48)53-47)42(51)45-36-22-32-21-35(27(36)3)43(32,5)6/h10-19,27-28,32-33,35-39,48-49H,1-2,20-25H2,3-9H3,(H,44,50)(H,45,51)/t27-,28-,32+,33-,35-,36-,37-,38+,39-/m0/s1. The number of likely N-dealkylation sites (N-methyl/N-ethyl adjacent to an activating group) is 1. The number of hydroxylamine groups is 2. The summed E-state index contributed by atoms with van der Waals surface area (Å²) in [5, 5.41) is 29.3. The molecule has 2 aromatic carbocycles. The van der Waals surface area contributed by atoms with Crippen LogP contribution in [-0.4, -0.2) is 96.7 Å². The lowest BCUT2D eigenvalue weighted by Crippen LogP contribution is -2.62. The Bertz CT molecular complexity index is 1650. The lowest BCUT2D eigenvalue weighted by molar-refractivity contribution is -0.183. The van der Waals surface area contributed by atoms with Crippen molar-refractivity contribution >= 4 is 11.8 Å². The van der Waals surface area contributed by atoms with E-state index in [4.69, 9.17) is 9.57 Å². The van der Waals surface area contributed by atoms with Crippen LogP contribution in [0.3, 0.4) is 0 Å². The van der Waals surface area contributed by atoms with Gasteiger partial charge >= 0.3 is 0 Å². The fourth-order valence-corrected chi connectivity index (χ4v) is 9.09. The Labute approximate surface area is 315 Å². The number of hydrogen-bond donors (Lipinski definition) is 4. The topological polar surface area (TPSA) is 124 Å². The second-order valence-corrected chi connectivity index (χ2v) is 16.2. The first-order chi connectivity index (χ1) is 25.2. The van der Waals surface area contributed by atoms with Crippen LogP contribution < -0.4 is 15.4 Å². The lowest BCUT2D eigenvalue weighted by atomic mass is 9.45. The average molecular weight is 729 g/mol. The zero-order valence-corrected chi connectivity index (χ0v) is 32.5. The van der Waals surface area contributed by atoms with Crippen molar-refractivity contribution < 1.29 is 29.4 Å². The molecule has 1 saturated heterocycles. The summed E-state index contributed by atoms with van der Waals surface area (Å²) in [6.07, 6.45) is 6.56. The summed E-state index contributed by atoms with van der Waals surface area (Å²) in [5.41, 5.74) is 4.17. The van der Waals surface area contributed by atoms with Gasteiger partial charge in [0, 0.05) is 41.2 Å². The number of nitrogens with one attached hydrogen (secondary N) is 2. The number of fused-ring (bicyclic) bond motifs is 2. The summed E-state index contributed by atoms with van der Waals surface area (Å²) in [4.78, 5) is 35.8. The van der Waals surface area contributed by atoms with Gasteiger partial charge in [0.2, 0.25) is 5.91 Å². The van der Waals surface area contributed by atoms with Crippen LogP contribution in [0.1, 0.15) is 62.9 Å². The van der Waals surface area contributed by atoms with Gasteiger partial charge in [0.1, 0.15) is 17.9 Å². The molecule has 4 N–H and O–H groups in total. The molecule has 1 aliphatic heterocycles. The van der Waals surface area contributed by atoms with Gasteiger partial charge in [-0.2, -0.15) is 5.06 Å². The minimum Gasteiger partial charge on any atom is -0.496 e. The number of hydrogen-bond acceptors (Lipinski definition) is 8. The smallest absolute Gasteiger partial charge is 0.251 e. The van der Waals surface area contributed by atoms with E-state index in [2.05, 4.69) is 44.6 Å². The number of aliphatic hydroxyl groups excluding tert-OH is 2. The quantitative estimate of drug-likeness (QED) is 0.170. The molecular weight excluding hydrogens is 668 g/mol. The Morgan fingerprint density at radius 2 is 1.89 bits per heavy atom. The van der Waals surface area contributed by atoms with Crippen LogP contribution in [0.5, 0.6) is 5.75 Å². The summed E-state index contributed by atoms with van der Waals surface area (Å²) in [6, 6.07) is 12.3. The minimum atomic E-state index is -0.890. The highest BCUT2D eigenvalue weighted by Gasteiger charge is 2.57. The third-order valence-electron chi connectivity index (χ3n) is 12.0. The van der Waals surface area contributed by atoms with Crippen molar-refractivity contribution in [3.63, 3.8) is 0 Å². The van der Waals surface area contributed by atoms with Gasteiger partial charge < -0.3 is 30.5 Å². The summed E-state index contributed by atoms with van der Waals surface area (Å²) < 4.78 is 5.98. The van der Waals surface area contributed by atoms with E-state index in [-0.39, 0.29) is 42.5 Å². The van der Waals surface area contributed by atoms with Crippen LogP contribution in [0, 0.1) is 29.1 Å². The second-order valence-electron chi connectivity index (χ2n) is 16.2. The Balaban J connectivity index is 1.34. The second kappa shape index (κ2) is 17.1. The van der Waals surface area contributed by atoms with Gasteiger partial charge in [-0.05, 0) is 81.1 Å². The number of carbonyl (C=O) groups excluding carboxylic acids is 2. The normalized spacial score (nSPS) is 27.5. The number of para-hydroxylation sites is 1. The predicted molar refractivity (Wildman–Crippen MR) is 209 cm³/mol. The SMILES string of the molecule is C=CC=CC(=C)C[C@@H](CN(C)C)NC(=O)c1ccc(-c2cccc(CN3O[C@@H](CO)[C@@H]([C@H](C)O)[C@H]3C(=O)N[C@H]3C[C@H]4C[C@@H]([C@@H]3C)C4(C)C)c2OC)cc1. The van der Waals surface area contributed by atoms with E-state index in [1.54, 1.807) is 37.3 Å². The number of nitrogens with zero attached hydrogens (tertiary/aromatic N) is 2. The van der Waals surface area contributed by atoms with Gasteiger partial charge in [0.05, 0.1) is 26.4 Å². The van der Waals surface area contributed by atoms with E-state index < -0.39 is 24.2 Å². The first-order valence-electron chi connectivity index (χ1n) is 18.9. The highest BCUT2D eigenvalue weighted by atomic mass is 16.7. The third kappa shape index (κ3) is 8.79. The Morgan fingerprint density at radius 1 is 1.17 bits per heavy atom. The molecule has 10 heteroatoms. The van der Waals surface area contributed by atoms with E-state index in [0.717, 1.165) is 28.7 Å². The maximum atomic E-state index is 14.2. The molecule has 4 fully saturated rings.